The zero-order valence-electron chi connectivity index (χ0n) is 13.6. The minimum atomic E-state index is 0.431. The normalized spacial score (nSPS) is 11.0. The van der Waals surface area contributed by atoms with Gasteiger partial charge in [0, 0.05) is 13.0 Å². The van der Waals surface area contributed by atoms with Crippen LogP contribution in [0.2, 0.25) is 0 Å². The molecule has 0 aromatic carbocycles. The minimum Gasteiger partial charge on any atom is -0.379 e. The van der Waals surface area contributed by atoms with Crippen LogP contribution in [-0.2, 0) is 33.2 Å². The number of hydrogen-bond donors (Lipinski definition) is 0. The summed E-state index contributed by atoms with van der Waals surface area (Å²) in [6.45, 7) is 8.64. The van der Waals surface area contributed by atoms with Gasteiger partial charge in [-0.05, 0) is 6.92 Å². The Hall–Kier alpha value is -0.570. The van der Waals surface area contributed by atoms with Crippen molar-refractivity contribution in [3.63, 3.8) is 0 Å². The highest BCUT2D eigenvalue weighted by molar-refractivity contribution is 5.49. The van der Waals surface area contributed by atoms with Crippen molar-refractivity contribution < 1.29 is 33.2 Å². The quantitative estimate of drug-likeness (QED) is 0.256. The van der Waals surface area contributed by atoms with Gasteiger partial charge in [0.1, 0.15) is 6.29 Å². The van der Waals surface area contributed by atoms with Crippen molar-refractivity contribution in [2.24, 2.45) is 0 Å². The van der Waals surface area contributed by atoms with Gasteiger partial charge in [-0.2, -0.15) is 0 Å². The number of rotatable bonds is 19. The molecule has 0 bridgehead atoms. The van der Waals surface area contributed by atoms with Crippen LogP contribution < -0.4 is 0 Å². The molecule has 0 heterocycles. The van der Waals surface area contributed by atoms with Crippen molar-refractivity contribution in [1.29, 1.82) is 0 Å². The number of hydrogen-bond acceptors (Lipinski definition) is 7. The molecule has 0 saturated carbocycles. The molecule has 0 spiro atoms. The zero-order chi connectivity index (χ0) is 16.1. The molecule has 0 radical (unpaired) electrons. The van der Waals surface area contributed by atoms with Crippen molar-refractivity contribution in [1.82, 2.24) is 0 Å². The lowest BCUT2D eigenvalue weighted by atomic mass is 10.5. The van der Waals surface area contributed by atoms with Gasteiger partial charge in [0.05, 0.1) is 72.7 Å². The third-order valence-electron chi connectivity index (χ3n) is 2.44. The summed E-state index contributed by atoms with van der Waals surface area (Å²) in [5.41, 5.74) is 0. The van der Waals surface area contributed by atoms with Gasteiger partial charge < -0.3 is 33.2 Å². The third kappa shape index (κ3) is 19.4. The molecule has 0 aromatic heterocycles. The fourth-order valence-electron chi connectivity index (χ4n) is 1.38. The molecule has 7 nitrogen and oxygen atoms in total. The highest BCUT2D eigenvalue weighted by Crippen LogP contribution is 1.84. The molecule has 0 aliphatic carbocycles. The van der Waals surface area contributed by atoms with E-state index in [0.29, 0.717) is 85.7 Å². The average molecular weight is 322 g/mol. The van der Waals surface area contributed by atoms with Crippen LogP contribution in [0.3, 0.4) is 0 Å². The van der Waals surface area contributed by atoms with E-state index in [1.807, 2.05) is 6.92 Å². The largest absolute Gasteiger partial charge is 0.379 e. The Balaban J connectivity index is 2.92. The van der Waals surface area contributed by atoms with Crippen LogP contribution in [0, 0.1) is 0 Å². The van der Waals surface area contributed by atoms with E-state index < -0.39 is 0 Å². The number of carbonyl (C=O) groups excluding carboxylic acids is 1. The van der Waals surface area contributed by atoms with Crippen LogP contribution in [0.1, 0.15) is 13.3 Å². The predicted octanol–water partition coefficient (Wildman–Crippen LogP) is 0.695. The summed E-state index contributed by atoms with van der Waals surface area (Å²) in [6.07, 6.45) is 1.27. The Morgan fingerprint density at radius 1 is 0.545 bits per heavy atom. The third-order valence-corrected chi connectivity index (χ3v) is 2.44. The summed E-state index contributed by atoms with van der Waals surface area (Å²) in [5.74, 6) is 0. The van der Waals surface area contributed by atoms with E-state index in [1.165, 1.54) is 0 Å². The Labute approximate surface area is 133 Å². The molecule has 0 unspecified atom stereocenters. The average Bonchev–Trinajstić information content (AvgIpc) is 2.54. The van der Waals surface area contributed by atoms with E-state index in [0.717, 1.165) is 6.29 Å². The van der Waals surface area contributed by atoms with Crippen LogP contribution >= 0.6 is 0 Å². The first-order valence-electron chi connectivity index (χ1n) is 7.82. The molecule has 132 valence electrons. The molecule has 0 aromatic rings. The number of carbonyl (C=O) groups is 1. The lowest BCUT2D eigenvalue weighted by Gasteiger charge is -2.07. The lowest BCUT2D eigenvalue weighted by Crippen LogP contribution is -2.14. The van der Waals surface area contributed by atoms with Gasteiger partial charge in [0.15, 0.2) is 0 Å². The van der Waals surface area contributed by atoms with Gasteiger partial charge in [-0.3, -0.25) is 0 Å². The van der Waals surface area contributed by atoms with Crippen LogP contribution in [0.25, 0.3) is 0 Å². The standard InChI is InChI=1S/C15H30O7/c1-2-17-6-7-19-10-11-21-14-15-22-13-12-20-9-8-18-5-3-4-16/h4H,2-3,5-15H2,1H3. The van der Waals surface area contributed by atoms with E-state index in [-0.39, 0.29) is 0 Å². The van der Waals surface area contributed by atoms with E-state index in [9.17, 15) is 4.79 Å². The maximum Gasteiger partial charge on any atom is 0.122 e. The summed E-state index contributed by atoms with van der Waals surface area (Å²) in [6, 6.07) is 0. The minimum absolute atomic E-state index is 0.431. The van der Waals surface area contributed by atoms with Crippen molar-refractivity contribution in [3.8, 4) is 0 Å². The molecule has 0 fully saturated rings. The molecule has 0 atom stereocenters. The van der Waals surface area contributed by atoms with Crippen molar-refractivity contribution in [3.05, 3.63) is 0 Å². The maximum atomic E-state index is 10.0. The van der Waals surface area contributed by atoms with E-state index in [1.54, 1.807) is 0 Å². The van der Waals surface area contributed by atoms with Crippen LogP contribution in [-0.4, -0.2) is 85.6 Å². The molecule has 0 saturated heterocycles. The molecular formula is C15H30O7. The second-order valence-corrected chi connectivity index (χ2v) is 4.21. The summed E-state index contributed by atoms with van der Waals surface area (Å²) in [7, 11) is 0. The molecule has 0 aliphatic rings. The van der Waals surface area contributed by atoms with Gasteiger partial charge in [0.2, 0.25) is 0 Å². The SMILES string of the molecule is CCOCCOCCOCCOCCOCCOCCC=O. The molecule has 0 aliphatic heterocycles. The summed E-state index contributed by atoms with van der Waals surface area (Å²) in [5, 5.41) is 0. The van der Waals surface area contributed by atoms with Gasteiger partial charge in [-0.25, -0.2) is 0 Å². The fourth-order valence-corrected chi connectivity index (χ4v) is 1.38. The monoisotopic (exact) mass is 322 g/mol. The Morgan fingerprint density at radius 2 is 0.864 bits per heavy atom. The van der Waals surface area contributed by atoms with E-state index in [4.69, 9.17) is 28.4 Å². The van der Waals surface area contributed by atoms with Gasteiger partial charge >= 0.3 is 0 Å². The topological polar surface area (TPSA) is 72.5 Å². The second-order valence-electron chi connectivity index (χ2n) is 4.21. The second kappa shape index (κ2) is 20.4. The Kier molecular flexibility index (Phi) is 19.9. The highest BCUT2D eigenvalue weighted by atomic mass is 16.6. The van der Waals surface area contributed by atoms with E-state index >= 15 is 0 Å². The molecule has 7 heteroatoms. The number of ether oxygens (including phenoxy) is 6. The predicted molar refractivity (Wildman–Crippen MR) is 81.3 cm³/mol. The summed E-state index contributed by atoms with van der Waals surface area (Å²) in [4.78, 5) is 10.0. The van der Waals surface area contributed by atoms with Crippen molar-refractivity contribution in [2.75, 3.05) is 79.3 Å². The van der Waals surface area contributed by atoms with Crippen molar-refractivity contribution in [2.45, 2.75) is 13.3 Å². The lowest BCUT2D eigenvalue weighted by molar-refractivity contribution is -0.108. The summed E-state index contributed by atoms with van der Waals surface area (Å²) >= 11 is 0. The van der Waals surface area contributed by atoms with Gasteiger partial charge in [-0.15, -0.1) is 0 Å². The molecule has 0 N–H and O–H groups in total. The first kappa shape index (κ1) is 21.4. The van der Waals surface area contributed by atoms with E-state index in [2.05, 4.69) is 0 Å². The first-order chi connectivity index (χ1) is 10.9. The van der Waals surface area contributed by atoms with Crippen molar-refractivity contribution >= 4 is 6.29 Å². The molecule has 22 heavy (non-hydrogen) atoms. The molecular weight excluding hydrogens is 292 g/mol. The molecule has 0 rings (SSSR count). The van der Waals surface area contributed by atoms with Gasteiger partial charge in [-0.1, -0.05) is 0 Å². The smallest absolute Gasteiger partial charge is 0.122 e. The van der Waals surface area contributed by atoms with Crippen LogP contribution in [0.15, 0.2) is 0 Å². The van der Waals surface area contributed by atoms with Crippen LogP contribution in [0.5, 0.6) is 0 Å². The molecule has 0 amide bonds. The number of aldehydes is 1. The zero-order valence-corrected chi connectivity index (χ0v) is 13.6. The first-order valence-corrected chi connectivity index (χ1v) is 7.82. The summed E-state index contributed by atoms with van der Waals surface area (Å²) < 4.78 is 31.6. The van der Waals surface area contributed by atoms with Crippen LogP contribution in [0.4, 0.5) is 0 Å². The fraction of sp³-hybridized carbons (Fsp3) is 0.933. The highest BCUT2D eigenvalue weighted by Gasteiger charge is 1.93. The van der Waals surface area contributed by atoms with Gasteiger partial charge in [0.25, 0.3) is 0 Å². The maximum absolute atomic E-state index is 10.0. The Bertz CT molecular complexity index is 214. The Morgan fingerprint density at radius 3 is 1.18 bits per heavy atom.